The molecule has 2 aromatic rings. The van der Waals surface area contributed by atoms with Gasteiger partial charge in [0.1, 0.15) is 18.1 Å². The van der Waals surface area contributed by atoms with E-state index in [4.69, 9.17) is 14.6 Å². The molecule has 0 saturated heterocycles. The van der Waals surface area contributed by atoms with E-state index in [2.05, 4.69) is 11.8 Å². The van der Waals surface area contributed by atoms with Crippen molar-refractivity contribution in [3.8, 4) is 23.3 Å². The van der Waals surface area contributed by atoms with Gasteiger partial charge in [-0.15, -0.1) is 5.92 Å². The normalized spacial score (nSPS) is 10.6. The van der Waals surface area contributed by atoms with Crippen LogP contribution in [0.15, 0.2) is 48.5 Å². The lowest BCUT2D eigenvalue weighted by Gasteiger charge is -2.11. The Labute approximate surface area is 149 Å². The number of hydrogen-bond acceptors (Lipinski definition) is 3. The Kier molecular flexibility index (Phi) is 8.08. The van der Waals surface area contributed by atoms with Crippen molar-refractivity contribution < 1.29 is 19.4 Å². The highest BCUT2D eigenvalue weighted by molar-refractivity contribution is 5.69. The largest absolute Gasteiger partial charge is 0.497 e. The summed E-state index contributed by atoms with van der Waals surface area (Å²) in [6, 6.07) is 15.1. The Morgan fingerprint density at radius 3 is 2.20 bits per heavy atom. The van der Waals surface area contributed by atoms with Crippen molar-refractivity contribution >= 4 is 5.97 Å². The third-order valence-electron chi connectivity index (χ3n) is 3.54. The third-order valence-corrected chi connectivity index (χ3v) is 3.54. The maximum absolute atomic E-state index is 10.9. The average Bonchev–Trinajstić information content (AvgIpc) is 2.60. The van der Waals surface area contributed by atoms with Gasteiger partial charge in [-0.2, -0.15) is 0 Å². The molecule has 0 radical (unpaired) electrons. The molecule has 4 heteroatoms. The summed E-state index contributed by atoms with van der Waals surface area (Å²) >= 11 is 0. The van der Waals surface area contributed by atoms with Gasteiger partial charge in [-0.1, -0.05) is 37.6 Å². The quantitative estimate of drug-likeness (QED) is 0.755. The molecule has 0 bridgehead atoms. The molecular weight excluding hydrogens is 316 g/mol. The second-order valence-corrected chi connectivity index (χ2v) is 5.25. The summed E-state index contributed by atoms with van der Waals surface area (Å²) in [5.74, 6) is 6.10. The SMILES string of the molecule is C.CC#C[C@H](CC(=O)O)c1ccc(OCc2ccc(OC)cc2)cc1. The topological polar surface area (TPSA) is 55.8 Å². The van der Waals surface area contributed by atoms with Gasteiger partial charge in [-0.25, -0.2) is 0 Å². The molecule has 0 aromatic heterocycles. The Morgan fingerprint density at radius 1 is 1.08 bits per heavy atom. The number of carboxylic acids is 1. The molecule has 4 nitrogen and oxygen atoms in total. The van der Waals surface area contributed by atoms with E-state index in [0.29, 0.717) is 6.61 Å². The minimum Gasteiger partial charge on any atom is -0.497 e. The van der Waals surface area contributed by atoms with Gasteiger partial charge < -0.3 is 14.6 Å². The number of hydrogen-bond donors (Lipinski definition) is 1. The van der Waals surface area contributed by atoms with Crippen molar-refractivity contribution in [2.24, 2.45) is 0 Å². The zero-order valence-electron chi connectivity index (χ0n) is 13.8. The van der Waals surface area contributed by atoms with E-state index in [1.807, 2.05) is 48.5 Å². The molecule has 0 saturated carbocycles. The summed E-state index contributed by atoms with van der Waals surface area (Å²) in [5.41, 5.74) is 1.92. The summed E-state index contributed by atoms with van der Waals surface area (Å²) in [4.78, 5) is 10.9. The molecular formula is C21H24O4. The first-order valence-electron chi connectivity index (χ1n) is 7.62. The first-order valence-corrected chi connectivity index (χ1v) is 7.62. The Balaban J connectivity index is 0.00000312. The maximum Gasteiger partial charge on any atom is 0.304 e. The summed E-state index contributed by atoms with van der Waals surface area (Å²) < 4.78 is 10.9. The molecule has 1 N–H and O–H groups in total. The van der Waals surface area contributed by atoms with E-state index >= 15 is 0 Å². The van der Waals surface area contributed by atoms with Gasteiger partial charge >= 0.3 is 5.97 Å². The first kappa shape index (κ1) is 20.1. The van der Waals surface area contributed by atoms with Crippen molar-refractivity contribution in [2.45, 2.75) is 33.3 Å². The van der Waals surface area contributed by atoms with Crippen LogP contribution in [0.2, 0.25) is 0 Å². The van der Waals surface area contributed by atoms with Gasteiger partial charge in [0.25, 0.3) is 0 Å². The van der Waals surface area contributed by atoms with Crippen LogP contribution < -0.4 is 9.47 Å². The van der Waals surface area contributed by atoms with Gasteiger partial charge in [-0.3, -0.25) is 4.79 Å². The molecule has 132 valence electrons. The number of methoxy groups -OCH3 is 1. The lowest BCUT2D eigenvalue weighted by molar-refractivity contribution is -0.137. The molecule has 0 heterocycles. The lowest BCUT2D eigenvalue weighted by Crippen LogP contribution is -2.04. The minimum atomic E-state index is -0.859. The highest BCUT2D eigenvalue weighted by Gasteiger charge is 2.13. The number of aliphatic carboxylic acids is 1. The Bertz CT molecular complexity index is 721. The van der Waals surface area contributed by atoms with Crippen LogP contribution in [0.4, 0.5) is 0 Å². The Hall–Kier alpha value is -2.93. The highest BCUT2D eigenvalue weighted by Crippen LogP contribution is 2.23. The van der Waals surface area contributed by atoms with Crippen molar-refractivity contribution in [1.29, 1.82) is 0 Å². The van der Waals surface area contributed by atoms with Crippen LogP contribution >= 0.6 is 0 Å². The minimum absolute atomic E-state index is 0. The van der Waals surface area contributed by atoms with E-state index < -0.39 is 5.97 Å². The second-order valence-electron chi connectivity index (χ2n) is 5.25. The molecule has 0 fully saturated rings. The number of rotatable bonds is 7. The maximum atomic E-state index is 10.9. The molecule has 2 rings (SSSR count). The molecule has 2 aromatic carbocycles. The molecule has 0 aliphatic rings. The first-order chi connectivity index (χ1) is 11.6. The molecule has 25 heavy (non-hydrogen) atoms. The van der Waals surface area contributed by atoms with Crippen LogP contribution in [0, 0.1) is 11.8 Å². The van der Waals surface area contributed by atoms with Crippen molar-refractivity contribution in [2.75, 3.05) is 7.11 Å². The van der Waals surface area contributed by atoms with Crippen LogP contribution in [0.1, 0.15) is 37.8 Å². The summed E-state index contributed by atoms with van der Waals surface area (Å²) in [6.45, 7) is 2.16. The predicted molar refractivity (Wildman–Crippen MR) is 98.9 cm³/mol. The summed E-state index contributed by atoms with van der Waals surface area (Å²) in [7, 11) is 1.63. The van der Waals surface area contributed by atoms with E-state index in [1.165, 1.54) is 0 Å². The van der Waals surface area contributed by atoms with E-state index in [0.717, 1.165) is 22.6 Å². The molecule has 0 unspecified atom stereocenters. The van der Waals surface area contributed by atoms with Gasteiger partial charge in [-0.05, 0) is 42.3 Å². The molecule has 1 atom stereocenters. The fourth-order valence-electron chi connectivity index (χ4n) is 2.29. The van der Waals surface area contributed by atoms with Gasteiger partial charge in [0.2, 0.25) is 0 Å². The average molecular weight is 340 g/mol. The predicted octanol–water partition coefficient (Wildman–Crippen LogP) is 4.49. The van der Waals surface area contributed by atoms with Gasteiger partial charge in [0.15, 0.2) is 0 Å². The van der Waals surface area contributed by atoms with Gasteiger partial charge in [0, 0.05) is 0 Å². The lowest BCUT2D eigenvalue weighted by atomic mass is 9.96. The molecule has 0 aliphatic heterocycles. The number of carboxylic acid groups (broad SMARTS) is 1. The molecule has 0 spiro atoms. The van der Waals surface area contributed by atoms with Crippen molar-refractivity contribution in [1.82, 2.24) is 0 Å². The fourth-order valence-corrected chi connectivity index (χ4v) is 2.29. The third kappa shape index (κ3) is 6.23. The van der Waals surface area contributed by atoms with E-state index in [9.17, 15) is 4.79 Å². The highest BCUT2D eigenvalue weighted by atomic mass is 16.5. The second kappa shape index (κ2) is 10.0. The van der Waals surface area contributed by atoms with Crippen LogP contribution in [-0.2, 0) is 11.4 Å². The molecule has 0 aliphatic carbocycles. The van der Waals surface area contributed by atoms with Crippen molar-refractivity contribution in [3.63, 3.8) is 0 Å². The standard InChI is InChI=1S/C20H20O4.CH4/c1-3-4-17(13-20(21)22)16-7-11-19(12-8-16)24-14-15-5-9-18(23-2)10-6-15;/h5-12,17H,13-14H2,1-2H3,(H,21,22);1H4/t17-;/m1./s1. The number of carbonyl (C=O) groups is 1. The van der Waals surface area contributed by atoms with Crippen LogP contribution in [-0.4, -0.2) is 18.2 Å². The molecule has 0 amide bonds. The Morgan fingerprint density at radius 2 is 1.68 bits per heavy atom. The monoisotopic (exact) mass is 340 g/mol. The van der Waals surface area contributed by atoms with Gasteiger partial charge in [0.05, 0.1) is 19.4 Å². The van der Waals surface area contributed by atoms with Crippen molar-refractivity contribution in [3.05, 3.63) is 59.7 Å². The summed E-state index contributed by atoms with van der Waals surface area (Å²) in [6.07, 6.45) is -0.00705. The fraction of sp³-hybridized carbons (Fsp3) is 0.286. The van der Waals surface area contributed by atoms with Crippen LogP contribution in [0.25, 0.3) is 0 Å². The zero-order valence-corrected chi connectivity index (χ0v) is 13.8. The van der Waals surface area contributed by atoms with Crippen LogP contribution in [0.3, 0.4) is 0 Å². The van der Waals surface area contributed by atoms with E-state index in [1.54, 1.807) is 14.0 Å². The number of ether oxygens (including phenoxy) is 2. The smallest absolute Gasteiger partial charge is 0.304 e. The summed E-state index contributed by atoms with van der Waals surface area (Å²) in [5, 5.41) is 8.97. The van der Waals surface area contributed by atoms with Crippen LogP contribution in [0.5, 0.6) is 11.5 Å². The van der Waals surface area contributed by atoms with E-state index in [-0.39, 0.29) is 19.8 Å². The number of benzene rings is 2. The zero-order chi connectivity index (χ0) is 17.4.